The highest BCUT2D eigenvalue weighted by Gasteiger charge is 2.20. The van der Waals surface area contributed by atoms with Gasteiger partial charge in [0.15, 0.2) is 0 Å². The maximum atomic E-state index is 11.8. The molecule has 0 saturated heterocycles. The zero-order valence-electron chi connectivity index (χ0n) is 11.6. The minimum atomic E-state index is -1.42. The third kappa shape index (κ3) is 4.72. The van der Waals surface area contributed by atoms with Crippen molar-refractivity contribution in [2.24, 2.45) is 0 Å². The highest BCUT2D eigenvalue weighted by Crippen LogP contribution is 2.15. The molecular formula is C14H15NO6. The zero-order chi connectivity index (χ0) is 16.0. The summed E-state index contributed by atoms with van der Waals surface area (Å²) in [5.74, 6) is -2.35. The lowest BCUT2D eigenvalue weighted by atomic mass is 10.1. The summed E-state index contributed by atoms with van der Waals surface area (Å²) in [5.41, 5.74) is -0.283. The van der Waals surface area contributed by atoms with Gasteiger partial charge in [0.25, 0.3) is 5.69 Å². The molecule has 1 aromatic carbocycles. The largest absolute Gasteiger partial charge is 0.477 e. The summed E-state index contributed by atoms with van der Waals surface area (Å²) in [6.45, 7) is 3.46. The lowest BCUT2D eigenvalue weighted by molar-refractivity contribution is -0.384. The zero-order valence-corrected chi connectivity index (χ0v) is 11.6. The van der Waals surface area contributed by atoms with E-state index in [4.69, 9.17) is 9.84 Å². The number of benzene rings is 1. The van der Waals surface area contributed by atoms with E-state index in [-0.39, 0.29) is 5.69 Å². The Hall–Kier alpha value is -2.70. The number of carbonyl (C=O) groups is 2. The maximum Gasteiger partial charge on any atom is 0.345 e. The average molecular weight is 293 g/mol. The molecule has 1 atom stereocenters. The normalized spacial score (nSPS) is 12.6. The van der Waals surface area contributed by atoms with Gasteiger partial charge < -0.3 is 9.84 Å². The van der Waals surface area contributed by atoms with Gasteiger partial charge in [-0.3, -0.25) is 10.1 Å². The minimum Gasteiger partial charge on any atom is -0.477 e. The first-order valence-corrected chi connectivity index (χ1v) is 6.25. The minimum absolute atomic E-state index is 0.119. The number of carboxylic acid groups (broad SMARTS) is 1. The number of ether oxygens (including phenoxy) is 1. The summed E-state index contributed by atoms with van der Waals surface area (Å²) in [7, 11) is 0. The standard InChI is InChI=1S/C14H15NO6/c1-3-9(2)21-14(18)12(13(16)17)8-10-4-6-11(7-5-10)15(19)20/h4-9H,3H2,1-2H3,(H,16,17). The predicted octanol–water partition coefficient (Wildman–Crippen LogP) is 2.40. The van der Waals surface area contributed by atoms with E-state index in [1.54, 1.807) is 13.8 Å². The average Bonchev–Trinajstić information content (AvgIpc) is 2.44. The van der Waals surface area contributed by atoms with Crippen LogP contribution < -0.4 is 0 Å². The smallest absolute Gasteiger partial charge is 0.345 e. The SMILES string of the molecule is CCC(C)OC(=O)C(=Cc1ccc([N+](=O)[O-])cc1)C(=O)O. The van der Waals surface area contributed by atoms with E-state index in [0.29, 0.717) is 12.0 Å². The van der Waals surface area contributed by atoms with Crippen LogP contribution in [0.25, 0.3) is 6.08 Å². The number of carboxylic acids is 1. The van der Waals surface area contributed by atoms with Crippen molar-refractivity contribution in [3.05, 3.63) is 45.5 Å². The van der Waals surface area contributed by atoms with Crippen molar-refractivity contribution in [3.63, 3.8) is 0 Å². The molecule has 0 amide bonds. The van der Waals surface area contributed by atoms with Gasteiger partial charge in [0.1, 0.15) is 5.57 Å². The molecule has 7 nitrogen and oxygen atoms in total. The lowest BCUT2D eigenvalue weighted by Crippen LogP contribution is -2.20. The summed E-state index contributed by atoms with van der Waals surface area (Å²) in [4.78, 5) is 32.8. The van der Waals surface area contributed by atoms with Gasteiger partial charge >= 0.3 is 11.9 Å². The monoisotopic (exact) mass is 293 g/mol. The van der Waals surface area contributed by atoms with Gasteiger partial charge in [-0.1, -0.05) is 6.92 Å². The number of nitro benzene ring substituents is 1. The Morgan fingerprint density at radius 1 is 1.38 bits per heavy atom. The summed E-state index contributed by atoms with van der Waals surface area (Å²) >= 11 is 0. The Morgan fingerprint density at radius 3 is 2.38 bits per heavy atom. The van der Waals surface area contributed by atoms with Gasteiger partial charge in [0, 0.05) is 12.1 Å². The number of esters is 1. The summed E-state index contributed by atoms with van der Waals surface area (Å²) in [6.07, 6.45) is 1.30. The van der Waals surface area contributed by atoms with Gasteiger partial charge in [-0.25, -0.2) is 9.59 Å². The quantitative estimate of drug-likeness (QED) is 0.215. The van der Waals surface area contributed by atoms with Gasteiger partial charge in [-0.2, -0.15) is 0 Å². The molecule has 0 aromatic heterocycles. The van der Waals surface area contributed by atoms with Crippen LogP contribution in [0, 0.1) is 10.1 Å². The second-order valence-corrected chi connectivity index (χ2v) is 4.34. The second-order valence-electron chi connectivity index (χ2n) is 4.34. The molecule has 0 spiro atoms. The fourth-order valence-corrected chi connectivity index (χ4v) is 1.40. The fraction of sp³-hybridized carbons (Fsp3) is 0.286. The van der Waals surface area contributed by atoms with Crippen molar-refractivity contribution < 1.29 is 24.4 Å². The molecule has 0 saturated carbocycles. The number of nitrogens with zero attached hydrogens (tertiary/aromatic N) is 1. The van der Waals surface area contributed by atoms with Crippen LogP contribution in [-0.4, -0.2) is 28.1 Å². The summed E-state index contributed by atoms with van der Waals surface area (Å²) < 4.78 is 4.96. The van der Waals surface area contributed by atoms with Crippen LogP contribution >= 0.6 is 0 Å². The van der Waals surface area contributed by atoms with E-state index in [1.807, 2.05) is 0 Å². The van der Waals surface area contributed by atoms with Crippen LogP contribution in [0.3, 0.4) is 0 Å². The fourth-order valence-electron chi connectivity index (χ4n) is 1.40. The molecule has 0 radical (unpaired) electrons. The molecule has 112 valence electrons. The third-order valence-electron chi connectivity index (χ3n) is 2.75. The Bertz CT molecular complexity index is 576. The van der Waals surface area contributed by atoms with Crippen LogP contribution in [0.1, 0.15) is 25.8 Å². The van der Waals surface area contributed by atoms with E-state index in [2.05, 4.69) is 0 Å². The molecule has 1 aromatic rings. The van der Waals surface area contributed by atoms with Crippen LogP contribution in [0.5, 0.6) is 0 Å². The van der Waals surface area contributed by atoms with E-state index >= 15 is 0 Å². The van der Waals surface area contributed by atoms with Gasteiger partial charge in [-0.05, 0) is 37.1 Å². The molecule has 7 heteroatoms. The van der Waals surface area contributed by atoms with Crippen molar-refractivity contribution in [2.75, 3.05) is 0 Å². The van der Waals surface area contributed by atoms with E-state index in [1.165, 1.54) is 24.3 Å². The van der Waals surface area contributed by atoms with Gasteiger partial charge in [0.05, 0.1) is 11.0 Å². The number of carbonyl (C=O) groups excluding carboxylic acids is 1. The van der Waals surface area contributed by atoms with E-state index < -0.39 is 28.5 Å². The Labute approximate surface area is 121 Å². The first-order chi connectivity index (χ1) is 9.85. The number of hydrogen-bond acceptors (Lipinski definition) is 5. The molecule has 0 aliphatic heterocycles. The second kappa shape index (κ2) is 7.18. The number of hydrogen-bond donors (Lipinski definition) is 1. The molecule has 0 aliphatic rings. The maximum absolute atomic E-state index is 11.8. The topological polar surface area (TPSA) is 107 Å². The third-order valence-corrected chi connectivity index (χ3v) is 2.75. The van der Waals surface area contributed by atoms with Crippen molar-refractivity contribution in [1.82, 2.24) is 0 Å². The molecular weight excluding hydrogens is 278 g/mol. The van der Waals surface area contributed by atoms with Crippen LogP contribution in [0.2, 0.25) is 0 Å². The predicted molar refractivity (Wildman–Crippen MR) is 74.6 cm³/mol. The van der Waals surface area contributed by atoms with Gasteiger partial charge in [0.2, 0.25) is 0 Å². The number of rotatable bonds is 6. The highest BCUT2D eigenvalue weighted by molar-refractivity contribution is 6.17. The Kier molecular flexibility index (Phi) is 5.59. The lowest BCUT2D eigenvalue weighted by Gasteiger charge is -2.10. The Morgan fingerprint density at radius 2 is 1.95 bits per heavy atom. The summed E-state index contributed by atoms with van der Waals surface area (Å²) in [6, 6.07) is 5.17. The first-order valence-electron chi connectivity index (χ1n) is 6.25. The molecule has 1 N–H and O–H groups in total. The van der Waals surface area contributed by atoms with Crippen molar-refractivity contribution in [1.29, 1.82) is 0 Å². The van der Waals surface area contributed by atoms with E-state index in [0.717, 1.165) is 6.08 Å². The number of non-ortho nitro benzene ring substituents is 1. The van der Waals surface area contributed by atoms with Crippen molar-refractivity contribution in [3.8, 4) is 0 Å². The number of aliphatic carboxylic acids is 1. The molecule has 0 fully saturated rings. The Balaban J connectivity index is 3.02. The number of nitro groups is 1. The van der Waals surface area contributed by atoms with Crippen LogP contribution in [0.4, 0.5) is 5.69 Å². The van der Waals surface area contributed by atoms with E-state index in [9.17, 15) is 19.7 Å². The molecule has 0 bridgehead atoms. The highest BCUT2D eigenvalue weighted by atomic mass is 16.6. The van der Waals surface area contributed by atoms with Crippen molar-refractivity contribution in [2.45, 2.75) is 26.4 Å². The molecule has 0 aliphatic carbocycles. The van der Waals surface area contributed by atoms with Crippen molar-refractivity contribution >= 4 is 23.7 Å². The van der Waals surface area contributed by atoms with Crippen LogP contribution in [-0.2, 0) is 14.3 Å². The van der Waals surface area contributed by atoms with Gasteiger partial charge in [-0.15, -0.1) is 0 Å². The first kappa shape index (κ1) is 16.4. The summed E-state index contributed by atoms with van der Waals surface area (Å²) in [5, 5.41) is 19.6. The van der Waals surface area contributed by atoms with Crippen LogP contribution in [0.15, 0.2) is 29.8 Å². The molecule has 0 heterocycles. The molecule has 1 rings (SSSR count). The molecule has 1 unspecified atom stereocenters. The molecule has 21 heavy (non-hydrogen) atoms.